The number of carbonyl (C=O) groups excluding carboxylic acids is 2. The molecule has 130 valence electrons. The van der Waals surface area contributed by atoms with Crippen molar-refractivity contribution in [2.24, 2.45) is 5.92 Å². The van der Waals surface area contributed by atoms with Crippen LogP contribution < -0.4 is 5.32 Å². The van der Waals surface area contributed by atoms with Gasteiger partial charge >= 0.3 is 0 Å². The maximum Gasteiger partial charge on any atom is 0.248 e. The van der Waals surface area contributed by atoms with E-state index in [4.69, 9.17) is 9.47 Å². The minimum atomic E-state index is -1.24. The second-order valence-corrected chi connectivity index (χ2v) is 6.00. The van der Waals surface area contributed by atoms with E-state index >= 15 is 0 Å². The fourth-order valence-electron chi connectivity index (χ4n) is 3.00. The monoisotopic (exact) mass is 331 g/mol. The van der Waals surface area contributed by atoms with Crippen LogP contribution >= 0.6 is 0 Å². The minimum absolute atomic E-state index is 0.226. The van der Waals surface area contributed by atoms with Gasteiger partial charge in [-0.05, 0) is 30.9 Å². The lowest BCUT2D eigenvalue weighted by molar-refractivity contribution is -0.150. The minimum Gasteiger partial charge on any atom is -0.345 e. The highest BCUT2D eigenvalue weighted by molar-refractivity contribution is 6.02. The van der Waals surface area contributed by atoms with Gasteiger partial charge < -0.3 is 14.8 Å². The molecule has 1 fully saturated rings. The van der Waals surface area contributed by atoms with Gasteiger partial charge in [0.2, 0.25) is 11.7 Å². The van der Waals surface area contributed by atoms with Crippen molar-refractivity contribution in [3.05, 3.63) is 48.2 Å². The number of nitrogens with one attached hydrogen (secondary N) is 1. The molecule has 1 N–H and O–H groups in total. The van der Waals surface area contributed by atoms with Crippen molar-refractivity contribution < 1.29 is 19.1 Å². The Morgan fingerprint density at radius 2 is 1.92 bits per heavy atom. The van der Waals surface area contributed by atoms with E-state index < -0.39 is 5.79 Å². The molecule has 2 aliphatic carbocycles. The molecule has 1 saturated carbocycles. The molecule has 2 rings (SSSR count). The fourth-order valence-corrected chi connectivity index (χ4v) is 3.00. The van der Waals surface area contributed by atoms with Crippen molar-refractivity contribution in [2.75, 3.05) is 14.2 Å². The topological polar surface area (TPSA) is 64.6 Å². The Kier molecular flexibility index (Phi) is 6.70. The third-order valence-electron chi connectivity index (χ3n) is 4.39. The number of amides is 1. The standard InChI is InChI=1S/C19H25NO4/c1-23-19(24-2)13-12-16(21)14-17(19)20-18(22)11-7-6-10-15-8-4-3-5-9-15/h6-7,10-15H,3-5,8-9H2,1-2H3,(H,20,22)/b10-6+,11-7+. The quantitative estimate of drug-likeness (QED) is 0.462. The second kappa shape index (κ2) is 8.76. The zero-order valence-electron chi connectivity index (χ0n) is 14.3. The van der Waals surface area contributed by atoms with Gasteiger partial charge in [-0.1, -0.05) is 37.5 Å². The fraction of sp³-hybridized carbons (Fsp3) is 0.474. The largest absolute Gasteiger partial charge is 0.345 e. The van der Waals surface area contributed by atoms with E-state index in [9.17, 15) is 9.59 Å². The number of rotatable bonds is 6. The zero-order chi connectivity index (χ0) is 17.4. The van der Waals surface area contributed by atoms with Crippen molar-refractivity contribution in [3.63, 3.8) is 0 Å². The number of hydrogen-bond acceptors (Lipinski definition) is 4. The molecule has 0 radical (unpaired) electrons. The van der Waals surface area contributed by atoms with E-state index in [-0.39, 0.29) is 17.4 Å². The second-order valence-electron chi connectivity index (χ2n) is 6.00. The number of ketones is 1. The van der Waals surface area contributed by atoms with Crippen molar-refractivity contribution in [2.45, 2.75) is 37.9 Å². The molecule has 0 aliphatic heterocycles. The van der Waals surface area contributed by atoms with Crippen LogP contribution in [-0.2, 0) is 19.1 Å². The van der Waals surface area contributed by atoms with Gasteiger partial charge in [0.25, 0.3) is 0 Å². The molecule has 0 atom stereocenters. The van der Waals surface area contributed by atoms with Gasteiger partial charge in [-0.2, -0.15) is 0 Å². The Morgan fingerprint density at radius 3 is 2.58 bits per heavy atom. The van der Waals surface area contributed by atoms with Gasteiger partial charge in [-0.3, -0.25) is 9.59 Å². The first kappa shape index (κ1) is 18.4. The molecule has 24 heavy (non-hydrogen) atoms. The molecular formula is C19H25NO4. The van der Waals surface area contributed by atoms with Crippen LogP contribution in [0.4, 0.5) is 0 Å². The van der Waals surface area contributed by atoms with E-state index in [1.54, 1.807) is 6.08 Å². The van der Waals surface area contributed by atoms with Crippen molar-refractivity contribution in [3.8, 4) is 0 Å². The molecule has 2 aliphatic rings. The Morgan fingerprint density at radius 1 is 1.21 bits per heavy atom. The average molecular weight is 331 g/mol. The van der Waals surface area contributed by atoms with Crippen molar-refractivity contribution in [1.82, 2.24) is 5.32 Å². The lowest BCUT2D eigenvalue weighted by atomic mass is 9.89. The van der Waals surface area contributed by atoms with Crippen LogP contribution in [-0.4, -0.2) is 31.7 Å². The summed E-state index contributed by atoms with van der Waals surface area (Å²) in [6.45, 7) is 0. The molecule has 0 aromatic heterocycles. The van der Waals surface area contributed by atoms with Crippen LogP contribution in [0.2, 0.25) is 0 Å². The number of methoxy groups -OCH3 is 2. The van der Waals surface area contributed by atoms with Crippen LogP contribution in [0.1, 0.15) is 32.1 Å². The summed E-state index contributed by atoms with van der Waals surface area (Å²) in [5, 5.41) is 2.66. The summed E-state index contributed by atoms with van der Waals surface area (Å²) in [5.41, 5.74) is 0.269. The van der Waals surface area contributed by atoms with Gasteiger partial charge in [-0.15, -0.1) is 0 Å². The van der Waals surface area contributed by atoms with Crippen LogP contribution in [0.3, 0.4) is 0 Å². The molecule has 0 saturated heterocycles. The van der Waals surface area contributed by atoms with E-state index in [1.807, 2.05) is 6.08 Å². The first-order valence-electron chi connectivity index (χ1n) is 8.31. The highest BCUT2D eigenvalue weighted by Gasteiger charge is 2.35. The summed E-state index contributed by atoms with van der Waals surface area (Å²) in [6, 6.07) is 0. The summed E-state index contributed by atoms with van der Waals surface area (Å²) in [4.78, 5) is 23.6. The smallest absolute Gasteiger partial charge is 0.248 e. The van der Waals surface area contributed by atoms with E-state index in [1.165, 1.54) is 70.6 Å². The molecule has 0 aromatic rings. The molecule has 5 heteroatoms. The van der Waals surface area contributed by atoms with Gasteiger partial charge in [0.1, 0.15) is 0 Å². The first-order chi connectivity index (χ1) is 11.6. The molecule has 0 bridgehead atoms. The highest BCUT2D eigenvalue weighted by atomic mass is 16.7. The summed E-state index contributed by atoms with van der Waals surface area (Å²) >= 11 is 0. The summed E-state index contributed by atoms with van der Waals surface area (Å²) in [7, 11) is 2.90. The maximum absolute atomic E-state index is 12.1. The maximum atomic E-state index is 12.1. The predicted molar refractivity (Wildman–Crippen MR) is 92.0 cm³/mol. The van der Waals surface area contributed by atoms with E-state index in [0.29, 0.717) is 5.92 Å². The summed E-state index contributed by atoms with van der Waals surface area (Å²) in [5.74, 6) is -1.19. The Balaban J connectivity index is 1.93. The summed E-state index contributed by atoms with van der Waals surface area (Å²) in [6.07, 6.45) is 17.7. The molecule has 1 amide bonds. The first-order valence-corrected chi connectivity index (χ1v) is 8.31. The highest BCUT2D eigenvalue weighted by Crippen LogP contribution is 2.26. The van der Waals surface area contributed by atoms with Gasteiger partial charge in [0.15, 0.2) is 5.78 Å². The molecule has 0 spiro atoms. The van der Waals surface area contributed by atoms with Gasteiger partial charge in [-0.25, -0.2) is 0 Å². The average Bonchev–Trinajstić information content (AvgIpc) is 2.60. The Bertz CT molecular complexity index is 576. The van der Waals surface area contributed by atoms with Crippen LogP contribution in [0.25, 0.3) is 0 Å². The zero-order valence-corrected chi connectivity index (χ0v) is 14.3. The molecular weight excluding hydrogens is 306 g/mol. The third kappa shape index (κ3) is 4.76. The molecule has 5 nitrogen and oxygen atoms in total. The molecule has 0 unspecified atom stereocenters. The predicted octanol–water partition coefficient (Wildman–Crippen LogP) is 2.81. The number of allylic oxidation sites excluding steroid dienone is 5. The third-order valence-corrected chi connectivity index (χ3v) is 4.39. The van der Waals surface area contributed by atoms with Crippen LogP contribution in [0.15, 0.2) is 48.2 Å². The van der Waals surface area contributed by atoms with Gasteiger partial charge in [0.05, 0.1) is 5.70 Å². The lowest BCUT2D eigenvalue weighted by Crippen LogP contribution is -2.43. The number of carbonyl (C=O) groups is 2. The van der Waals surface area contributed by atoms with Crippen LogP contribution in [0, 0.1) is 5.92 Å². The normalized spacial score (nSPS) is 21.4. The Labute approximate surface area is 143 Å². The lowest BCUT2D eigenvalue weighted by Gasteiger charge is -2.31. The summed E-state index contributed by atoms with van der Waals surface area (Å²) < 4.78 is 10.6. The van der Waals surface area contributed by atoms with Crippen molar-refractivity contribution >= 4 is 11.7 Å². The van der Waals surface area contributed by atoms with Crippen molar-refractivity contribution in [1.29, 1.82) is 0 Å². The van der Waals surface area contributed by atoms with Crippen LogP contribution in [0.5, 0.6) is 0 Å². The number of hydrogen-bond donors (Lipinski definition) is 1. The Hall–Kier alpha value is -1.98. The molecule has 0 aromatic carbocycles. The van der Waals surface area contributed by atoms with E-state index in [2.05, 4.69) is 11.4 Å². The number of ether oxygens (including phenoxy) is 2. The van der Waals surface area contributed by atoms with Gasteiger partial charge in [0, 0.05) is 26.4 Å². The van der Waals surface area contributed by atoms with E-state index in [0.717, 1.165) is 0 Å². The molecule has 0 heterocycles. The SMILES string of the molecule is COC1(OC)C=CC(=O)C=C1NC(=O)/C=C/C=C/C1CCCCC1.